The van der Waals surface area contributed by atoms with Crippen molar-refractivity contribution in [2.24, 2.45) is 0 Å². The fourth-order valence-corrected chi connectivity index (χ4v) is 3.98. The quantitative estimate of drug-likeness (QED) is 0.457. The van der Waals surface area contributed by atoms with E-state index >= 15 is 0 Å². The van der Waals surface area contributed by atoms with Crippen LogP contribution in [0.3, 0.4) is 0 Å². The third-order valence-corrected chi connectivity index (χ3v) is 6.46. The third kappa shape index (κ3) is 5.00. The molecule has 0 aliphatic rings. The minimum absolute atomic E-state index is 0.0107. The lowest BCUT2D eigenvalue weighted by Crippen LogP contribution is -2.28. The number of benzene rings is 1. The predicted molar refractivity (Wildman–Crippen MR) is 116 cm³/mol. The predicted octanol–water partition coefficient (Wildman–Crippen LogP) is 1.67. The molecule has 0 spiro atoms. The Morgan fingerprint density at radius 1 is 1.16 bits per heavy atom. The number of hydrogen-bond acceptors (Lipinski definition) is 8. The molecule has 0 aliphatic heterocycles. The number of hydrogen-bond donors (Lipinski definition) is 0. The van der Waals surface area contributed by atoms with E-state index in [0.717, 1.165) is 16.2 Å². The molecule has 0 unspecified atom stereocenters. The fraction of sp³-hybridized carbons (Fsp3) is 0.400. The van der Waals surface area contributed by atoms with Gasteiger partial charge in [-0.05, 0) is 30.7 Å². The molecule has 0 N–H and O–H groups in total. The number of nitrogens with zero attached hydrogens (tertiary/aromatic N) is 6. The van der Waals surface area contributed by atoms with E-state index < -0.39 is 16.0 Å². The minimum Gasteiger partial charge on any atom is -0.456 e. The topological polar surface area (TPSA) is 111 Å². The molecule has 0 saturated carbocycles. The van der Waals surface area contributed by atoms with Crippen LogP contribution >= 0.6 is 0 Å². The van der Waals surface area contributed by atoms with Gasteiger partial charge in [-0.2, -0.15) is 0 Å². The molecule has 0 fully saturated rings. The Labute approximate surface area is 181 Å². The first-order valence-electron chi connectivity index (χ1n) is 9.79. The van der Waals surface area contributed by atoms with Crippen LogP contribution < -0.4 is 4.90 Å². The zero-order valence-corrected chi connectivity index (χ0v) is 18.8. The first kappa shape index (κ1) is 22.6. The van der Waals surface area contributed by atoms with Gasteiger partial charge in [0.2, 0.25) is 16.0 Å². The number of likely N-dealkylation sites (N-methyl/N-ethyl adjacent to an activating group) is 1. The van der Waals surface area contributed by atoms with E-state index in [2.05, 4.69) is 15.0 Å². The maximum atomic E-state index is 12.4. The molecule has 11 heteroatoms. The maximum absolute atomic E-state index is 12.4. The van der Waals surface area contributed by atoms with Crippen molar-refractivity contribution in [2.75, 3.05) is 32.6 Å². The Bertz CT molecular complexity index is 1160. The van der Waals surface area contributed by atoms with E-state index in [1.807, 2.05) is 11.5 Å². The van der Waals surface area contributed by atoms with Gasteiger partial charge in [0.15, 0.2) is 0 Å². The largest absolute Gasteiger partial charge is 0.456 e. The second-order valence-electron chi connectivity index (χ2n) is 7.18. The summed E-state index contributed by atoms with van der Waals surface area (Å²) in [5.74, 6) is 0.538. The maximum Gasteiger partial charge on any atom is 0.326 e. The van der Waals surface area contributed by atoms with Gasteiger partial charge in [0.25, 0.3) is 0 Å². The summed E-state index contributed by atoms with van der Waals surface area (Å²) in [5.41, 5.74) is 1.33. The van der Waals surface area contributed by atoms with E-state index in [9.17, 15) is 13.2 Å². The van der Waals surface area contributed by atoms with Crippen LogP contribution in [0.4, 0.5) is 5.95 Å². The number of carbonyl (C=O) groups excluding carboxylic acids is 1. The van der Waals surface area contributed by atoms with Gasteiger partial charge in [-0.3, -0.25) is 4.79 Å². The highest BCUT2D eigenvalue weighted by atomic mass is 32.2. The number of esters is 1. The number of sulfonamides is 1. The number of aryl methyl sites for hydroxylation is 1. The van der Waals surface area contributed by atoms with Crippen LogP contribution in [0.2, 0.25) is 0 Å². The number of ether oxygens (including phenoxy) is 1. The highest BCUT2D eigenvalue weighted by Crippen LogP contribution is 2.23. The summed E-state index contributed by atoms with van der Waals surface area (Å²) < 4.78 is 33.4. The summed E-state index contributed by atoms with van der Waals surface area (Å²) in [7, 11) is 1.10. The van der Waals surface area contributed by atoms with Gasteiger partial charge < -0.3 is 14.2 Å². The van der Waals surface area contributed by atoms with Gasteiger partial charge in [0.05, 0.1) is 15.9 Å². The van der Waals surface area contributed by atoms with Gasteiger partial charge in [-0.15, -0.1) is 0 Å². The zero-order chi connectivity index (χ0) is 22.6. The molecule has 2 aromatic heterocycles. The average molecular weight is 447 g/mol. The van der Waals surface area contributed by atoms with E-state index in [1.54, 1.807) is 48.6 Å². The molecule has 0 aliphatic carbocycles. The van der Waals surface area contributed by atoms with Crippen LogP contribution in [0.5, 0.6) is 0 Å². The van der Waals surface area contributed by atoms with E-state index in [-0.39, 0.29) is 18.0 Å². The monoisotopic (exact) mass is 446 g/mol. The Morgan fingerprint density at radius 3 is 2.52 bits per heavy atom. The van der Waals surface area contributed by atoms with Crippen molar-refractivity contribution in [3.63, 3.8) is 0 Å². The minimum atomic E-state index is -3.57. The van der Waals surface area contributed by atoms with Gasteiger partial charge >= 0.3 is 5.97 Å². The lowest BCUT2D eigenvalue weighted by atomic mass is 10.3. The standard InChI is InChI=1S/C20H26N6O4S/c1-5-11-26-17-8-7-15(31(28,29)24(2)3)12-16(17)23-18(26)14-30-19(27)13-25(4)20-21-9-6-10-22-20/h6-10,12H,5,11,13-14H2,1-4H3. The molecule has 2 heterocycles. The van der Waals surface area contributed by atoms with Crippen molar-refractivity contribution in [2.45, 2.75) is 31.4 Å². The van der Waals surface area contributed by atoms with E-state index in [0.29, 0.717) is 23.8 Å². The van der Waals surface area contributed by atoms with E-state index in [4.69, 9.17) is 4.74 Å². The fourth-order valence-electron chi connectivity index (χ4n) is 3.06. The first-order chi connectivity index (χ1) is 14.7. The van der Waals surface area contributed by atoms with Crippen LogP contribution in [0.25, 0.3) is 11.0 Å². The van der Waals surface area contributed by atoms with Crippen LogP contribution in [0, 0.1) is 0 Å². The van der Waals surface area contributed by atoms with E-state index in [1.165, 1.54) is 14.1 Å². The number of rotatable bonds is 9. The summed E-state index contributed by atoms with van der Waals surface area (Å²) in [6.45, 7) is 2.66. The lowest BCUT2D eigenvalue weighted by molar-refractivity contribution is -0.143. The van der Waals surface area contributed by atoms with Gasteiger partial charge in [-0.1, -0.05) is 6.92 Å². The molecule has 0 amide bonds. The second kappa shape index (κ2) is 9.40. The Morgan fingerprint density at radius 2 is 1.87 bits per heavy atom. The Hall–Kier alpha value is -3.05. The Kier molecular flexibility index (Phi) is 6.86. The highest BCUT2D eigenvalue weighted by molar-refractivity contribution is 7.89. The molecule has 31 heavy (non-hydrogen) atoms. The molecule has 0 saturated heterocycles. The van der Waals surface area contributed by atoms with Crippen molar-refractivity contribution in [3.05, 3.63) is 42.5 Å². The average Bonchev–Trinajstić information content (AvgIpc) is 3.09. The third-order valence-electron chi connectivity index (χ3n) is 4.65. The highest BCUT2D eigenvalue weighted by Gasteiger charge is 2.20. The van der Waals surface area contributed by atoms with Crippen molar-refractivity contribution >= 4 is 33.0 Å². The van der Waals surface area contributed by atoms with Crippen molar-refractivity contribution in [3.8, 4) is 0 Å². The van der Waals surface area contributed by atoms with Crippen molar-refractivity contribution in [1.82, 2.24) is 23.8 Å². The molecule has 0 bridgehead atoms. The number of aromatic nitrogens is 4. The van der Waals surface area contributed by atoms with Crippen LogP contribution in [0.15, 0.2) is 41.6 Å². The summed E-state index contributed by atoms with van der Waals surface area (Å²) in [6.07, 6.45) is 4.04. The Balaban J connectivity index is 1.79. The number of anilines is 1. The van der Waals surface area contributed by atoms with Crippen molar-refractivity contribution < 1.29 is 17.9 Å². The lowest BCUT2D eigenvalue weighted by Gasteiger charge is -2.15. The van der Waals surface area contributed by atoms with Crippen LogP contribution in [-0.4, -0.2) is 65.9 Å². The van der Waals surface area contributed by atoms with Crippen LogP contribution in [0.1, 0.15) is 19.2 Å². The molecular formula is C20H26N6O4S. The van der Waals surface area contributed by atoms with Gasteiger partial charge in [-0.25, -0.2) is 27.7 Å². The number of carbonyl (C=O) groups is 1. The molecule has 0 radical (unpaired) electrons. The summed E-state index contributed by atoms with van der Waals surface area (Å²) in [5, 5.41) is 0. The van der Waals surface area contributed by atoms with Crippen molar-refractivity contribution in [1.29, 1.82) is 0 Å². The normalized spacial score (nSPS) is 11.8. The number of fused-ring (bicyclic) bond motifs is 1. The summed E-state index contributed by atoms with van der Waals surface area (Å²) in [6, 6.07) is 6.54. The molecule has 166 valence electrons. The SMILES string of the molecule is CCCn1c(COC(=O)CN(C)c2ncccn2)nc2cc(S(=O)(=O)N(C)C)ccc21. The van der Waals surface area contributed by atoms with Crippen LogP contribution in [-0.2, 0) is 32.7 Å². The molecule has 3 rings (SSSR count). The summed E-state index contributed by atoms with van der Waals surface area (Å²) >= 11 is 0. The molecule has 1 aromatic carbocycles. The van der Waals surface area contributed by atoms with Gasteiger partial charge in [0, 0.05) is 40.1 Å². The number of imidazole rings is 1. The smallest absolute Gasteiger partial charge is 0.326 e. The van der Waals surface area contributed by atoms with Gasteiger partial charge in [0.1, 0.15) is 19.0 Å². The summed E-state index contributed by atoms with van der Waals surface area (Å²) in [4.78, 5) is 26.8. The zero-order valence-electron chi connectivity index (χ0n) is 18.0. The second-order valence-corrected chi connectivity index (χ2v) is 9.33. The molecule has 0 atom stereocenters. The molecular weight excluding hydrogens is 420 g/mol. The molecule has 3 aromatic rings. The first-order valence-corrected chi connectivity index (χ1v) is 11.2. The molecule has 10 nitrogen and oxygen atoms in total.